The van der Waals surface area contributed by atoms with Gasteiger partial charge in [-0.15, -0.1) is 0 Å². The van der Waals surface area contributed by atoms with Crippen LogP contribution in [0.2, 0.25) is 5.02 Å². The van der Waals surface area contributed by atoms with Crippen molar-refractivity contribution in [2.45, 2.75) is 43.4 Å². The van der Waals surface area contributed by atoms with Crippen LogP contribution in [0.25, 0.3) is 0 Å². The molecule has 0 atom stereocenters. The average molecular weight is 375 g/mol. The minimum Gasteiger partial charge on any atom is -0.506 e. The number of aromatic hydroxyl groups is 1. The van der Waals surface area contributed by atoms with Crippen molar-refractivity contribution in [1.82, 2.24) is 0 Å². The first-order valence-electron chi connectivity index (χ1n) is 7.87. The van der Waals surface area contributed by atoms with Crippen LogP contribution in [0.5, 0.6) is 5.75 Å². The molecule has 0 aliphatic rings. The molecule has 24 heavy (non-hydrogen) atoms. The van der Waals surface area contributed by atoms with Crippen LogP contribution in [-0.2, 0) is 19.4 Å². The molecule has 1 aromatic rings. The van der Waals surface area contributed by atoms with Gasteiger partial charge >= 0.3 is 5.97 Å². The molecule has 0 radical (unpaired) electrons. The van der Waals surface area contributed by atoms with E-state index in [1.807, 2.05) is 0 Å². The van der Waals surface area contributed by atoms with Crippen LogP contribution >= 0.6 is 11.6 Å². The molecule has 1 N–H and O–H groups in total. The van der Waals surface area contributed by atoms with Crippen LogP contribution in [0.15, 0.2) is 35.7 Å². The lowest BCUT2D eigenvalue weighted by Gasteiger charge is -2.06. The quantitative estimate of drug-likeness (QED) is 0.361. The molecule has 0 bridgehead atoms. The smallest absolute Gasteiger partial charge is 0.330 e. The van der Waals surface area contributed by atoms with E-state index < -0.39 is 15.8 Å². The average Bonchev–Trinajstić information content (AvgIpc) is 2.55. The largest absolute Gasteiger partial charge is 0.506 e. The maximum Gasteiger partial charge on any atom is 0.330 e. The van der Waals surface area contributed by atoms with Gasteiger partial charge in [0.25, 0.3) is 0 Å². The molecule has 0 spiro atoms. The van der Waals surface area contributed by atoms with Crippen LogP contribution in [0.3, 0.4) is 0 Å². The Kier molecular flexibility index (Phi) is 8.85. The number of hydrogen-bond donors (Lipinski definition) is 1. The first-order valence-corrected chi connectivity index (χ1v) is 9.90. The van der Waals surface area contributed by atoms with E-state index in [2.05, 4.69) is 6.58 Å². The van der Waals surface area contributed by atoms with Crippen molar-refractivity contribution in [3.05, 3.63) is 35.9 Å². The highest BCUT2D eigenvalue weighted by Crippen LogP contribution is 2.26. The summed E-state index contributed by atoms with van der Waals surface area (Å²) < 4.78 is 29.2. The van der Waals surface area contributed by atoms with Crippen LogP contribution in [0, 0.1) is 0 Å². The lowest BCUT2D eigenvalue weighted by atomic mass is 10.1. The number of benzene rings is 1. The minimum absolute atomic E-state index is 0.0354. The monoisotopic (exact) mass is 374 g/mol. The third kappa shape index (κ3) is 7.36. The van der Waals surface area contributed by atoms with Gasteiger partial charge in [0.1, 0.15) is 5.75 Å². The lowest BCUT2D eigenvalue weighted by Crippen LogP contribution is -2.06. The molecule has 7 heteroatoms. The topological polar surface area (TPSA) is 80.7 Å². The Bertz CT molecular complexity index is 655. The zero-order valence-corrected chi connectivity index (χ0v) is 15.1. The van der Waals surface area contributed by atoms with Crippen LogP contribution in [0.1, 0.15) is 38.5 Å². The summed E-state index contributed by atoms with van der Waals surface area (Å²) in [5.41, 5.74) is 0. The number of phenolic OH excluding ortho intramolecular Hbond substituents is 1. The molecule has 1 aromatic carbocycles. The number of ether oxygens (including phenoxy) is 1. The maximum absolute atomic E-state index is 12.2. The normalized spacial score (nSPS) is 11.2. The summed E-state index contributed by atoms with van der Waals surface area (Å²) in [4.78, 5) is 11.0. The van der Waals surface area contributed by atoms with E-state index in [-0.39, 0.29) is 21.4 Å². The highest BCUT2D eigenvalue weighted by molar-refractivity contribution is 7.91. The molecule has 0 aliphatic carbocycles. The van der Waals surface area contributed by atoms with Crippen molar-refractivity contribution in [2.75, 3.05) is 12.4 Å². The van der Waals surface area contributed by atoms with Gasteiger partial charge in [0, 0.05) is 6.08 Å². The van der Waals surface area contributed by atoms with E-state index >= 15 is 0 Å². The fourth-order valence-electron chi connectivity index (χ4n) is 2.13. The zero-order valence-electron chi connectivity index (χ0n) is 13.5. The number of carbonyl (C=O) groups excluding carboxylic acids is 1. The van der Waals surface area contributed by atoms with Crippen molar-refractivity contribution >= 4 is 27.4 Å². The van der Waals surface area contributed by atoms with Crippen LogP contribution in [0.4, 0.5) is 0 Å². The number of esters is 1. The Morgan fingerprint density at radius 1 is 1.17 bits per heavy atom. The molecule has 0 saturated heterocycles. The molecule has 134 valence electrons. The fraction of sp³-hybridized carbons (Fsp3) is 0.471. The van der Waals surface area contributed by atoms with Gasteiger partial charge in [0.05, 0.1) is 22.3 Å². The second-order valence-corrected chi connectivity index (χ2v) is 7.94. The molecular weight excluding hydrogens is 352 g/mol. The molecule has 1 rings (SSSR count). The molecule has 0 aliphatic heterocycles. The second-order valence-electron chi connectivity index (χ2n) is 5.43. The number of phenols is 1. The molecule has 0 saturated carbocycles. The van der Waals surface area contributed by atoms with E-state index in [0.717, 1.165) is 38.2 Å². The first kappa shape index (κ1) is 20.5. The van der Waals surface area contributed by atoms with E-state index in [1.54, 1.807) is 0 Å². The highest BCUT2D eigenvalue weighted by atomic mass is 35.5. The Balaban J connectivity index is 2.19. The van der Waals surface area contributed by atoms with Gasteiger partial charge in [-0.3, -0.25) is 0 Å². The lowest BCUT2D eigenvalue weighted by molar-refractivity contribution is -0.137. The standard InChI is InChI=1S/C17H23ClO5S/c1-2-17(20)23-11-7-5-3-4-6-8-12-24(21,22)14-9-10-16(19)15(18)13-14/h2,9-10,13,19H,1,3-8,11-12H2. The summed E-state index contributed by atoms with van der Waals surface area (Å²) in [6, 6.07) is 3.92. The Morgan fingerprint density at radius 2 is 1.79 bits per heavy atom. The summed E-state index contributed by atoms with van der Waals surface area (Å²) in [6.45, 7) is 3.71. The summed E-state index contributed by atoms with van der Waals surface area (Å²) in [5.74, 6) is -0.477. The van der Waals surface area contributed by atoms with Gasteiger partial charge < -0.3 is 9.84 Å². The van der Waals surface area contributed by atoms with Gasteiger partial charge in [-0.05, 0) is 31.0 Å². The van der Waals surface area contributed by atoms with E-state index in [4.69, 9.17) is 16.3 Å². The molecule has 0 fully saturated rings. The number of rotatable bonds is 11. The third-order valence-electron chi connectivity index (χ3n) is 3.50. The van der Waals surface area contributed by atoms with Crippen LogP contribution < -0.4 is 0 Å². The van der Waals surface area contributed by atoms with Gasteiger partial charge in [0.2, 0.25) is 0 Å². The molecule has 0 aromatic heterocycles. The SMILES string of the molecule is C=CC(=O)OCCCCCCCCS(=O)(=O)c1ccc(O)c(Cl)c1. The second kappa shape index (κ2) is 10.4. The van der Waals surface area contributed by atoms with Gasteiger partial charge in [-0.2, -0.15) is 0 Å². The van der Waals surface area contributed by atoms with Crippen molar-refractivity contribution in [3.8, 4) is 5.75 Å². The Labute approximate surface area is 148 Å². The van der Waals surface area contributed by atoms with Crippen molar-refractivity contribution in [3.63, 3.8) is 0 Å². The number of sulfone groups is 1. The van der Waals surface area contributed by atoms with Crippen molar-refractivity contribution in [1.29, 1.82) is 0 Å². The number of unbranched alkanes of at least 4 members (excludes halogenated alkanes) is 5. The predicted octanol–water partition coefficient (Wildman–Crippen LogP) is 3.89. The third-order valence-corrected chi connectivity index (χ3v) is 5.60. The number of hydrogen-bond acceptors (Lipinski definition) is 5. The summed E-state index contributed by atoms with van der Waals surface area (Å²) in [7, 11) is -3.38. The van der Waals surface area contributed by atoms with E-state index in [1.165, 1.54) is 18.2 Å². The number of carbonyl (C=O) groups is 1. The minimum atomic E-state index is -3.38. The molecule has 5 nitrogen and oxygen atoms in total. The first-order chi connectivity index (χ1) is 11.4. The number of halogens is 1. The van der Waals surface area contributed by atoms with E-state index in [0.29, 0.717) is 13.0 Å². The summed E-state index contributed by atoms with van der Waals surface area (Å²) in [5, 5.41) is 9.36. The highest BCUT2D eigenvalue weighted by Gasteiger charge is 2.15. The molecule has 0 heterocycles. The Hall–Kier alpha value is -1.53. The van der Waals surface area contributed by atoms with Gasteiger partial charge in [0.15, 0.2) is 9.84 Å². The summed E-state index contributed by atoms with van der Waals surface area (Å²) >= 11 is 5.74. The molecular formula is C17H23ClO5S. The molecule has 0 amide bonds. The zero-order chi connectivity index (χ0) is 18.0. The maximum atomic E-state index is 12.2. The van der Waals surface area contributed by atoms with Crippen LogP contribution in [-0.4, -0.2) is 31.9 Å². The summed E-state index contributed by atoms with van der Waals surface area (Å²) in [6.07, 6.45) is 6.16. The fourth-order valence-corrected chi connectivity index (χ4v) is 3.77. The van der Waals surface area contributed by atoms with E-state index in [9.17, 15) is 18.3 Å². The molecule has 0 unspecified atom stereocenters. The van der Waals surface area contributed by atoms with Gasteiger partial charge in [-0.1, -0.05) is 43.9 Å². The van der Waals surface area contributed by atoms with Crippen molar-refractivity contribution < 1.29 is 23.1 Å². The van der Waals surface area contributed by atoms with Gasteiger partial charge in [-0.25, -0.2) is 13.2 Å². The van der Waals surface area contributed by atoms with Crippen molar-refractivity contribution in [2.24, 2.45) is 0 Å². The Morgan fingerprint density at radius 3 is 2.42 bits per heavy atom. The predicted molar refractivity (Wildman–Crippen MR) is 94.0 cm³/mol.